The molecule has 0 unspecified atom stereocenters. The molecule has 0 aromatic rings. The zero-order valence-electron chi connectivity index (χ0n) is 41.0. The van der Waals surface area contributed by atoms with Gasteiger partial charge in [0, 0.05) is 355 Å². The molecule has 0 spiro atoms. The molecule has 0 heteroatoms. The van der Waals surface area contributed by atoms with Crippen LogP contribution in [0.25, 0.3) is 0 Å². The summed E-state index contributed by atoms with van der Waals surface area (Å²) in [5, 5.41) is 0. The Labute approximate surface area is 473 Å². The lowest BCUT2D eigenvalue weighted by Gasteiger charge is -1.58. The molecule has 0 aliphatic carbocycles. The van der Waals surface area contributed by atoms with Crippen molar-refractivity contribution in [3.63, 3.8) is 0 Å². The van der Waals surface area contributed by atoms with Crippen LogP contribution in [0.5, 0.6) is 0 Å². The monoisotopic (exact) mass is 966 g/mol. The van der Waals surface area contributed by atoms with Crippen molar-refractivity contribution >= 4 is 0 Å². The van der Waals surface area contributed by atoms with Crippen molar-refractivity contribution in [1.82, 2.24) is 0 Å². The summed E-state index contributed by atoms with van der Waals surface area (Å²) in [4.78, 5) is 0. The minimum Gasteiger partial charge on any atom is -0.0925 e. The van der Waals surface area contributed by atoms with Gasteiger partial charge in [-0.25, -0.2) is 0 Å². The van der Waals surface area contributed by atoms with Crippen LogP contribution < -0.4 is 0 Å². The maximum atomic E-state index is 2.63. The van der Waals surface area contributed by atoms with Gasteiger partial charge < -0.3 is 0 Å². The Morgan fingerprint density at radius 1 is 0.0625 bits per heavy atom. The second-order valence-electron chi connectivity index (χ2n) is 10.0. The molecule has 0 aromatic heterocycles. The molecular formula is C80H6. The largest absolute Gasteiger partial charge is 0.0925 e. The molecule has 0 atom stereocenters. The molecule has 0 fully saturated rings. The summed E-state index contributed by atoms with van der Waals surface area (Å²) in [5.74, 6) is 196. The van der Waals surface area contributed by atoms with E-state index in [0.717, 1.165) is 0 Å². The lowest BCUT2D eigenvalue weighted by Crippen LogP contribution is -1.57. The Morgan fingerprint density at radius 3 is 0.138 bits per heavy atom. The van der Waals surface area contributed by atoms with Gasteiger partial charge in [0.15, 0.2) is 0 Å². The molecule has 0 nitrogen and oxygen atoms in total. The second kappa shape index (κ2) is 61.8. The van der Waals surface area contributed by atoms with E-state index in [4.69, 9.17) is 0 Å². The fraction of sp³-hybridized carbons (Fsp3) is 0.0250. The van der Waals surface area contributed by atoms with E-state index >= 15 is 0 Å². The first kappa shape index (κ1) is 62.8. The van der Waals surface area contributed by atoms with Crippen molar-refractivity contribution in [2.24, 2.45) is 0 Å². The van der Waals surface area contributed by atoms with Crippen molar-refractivity contribution in [1.29, 1.82) is 0 Å². The maximum absolute atomic E-state index is 2.63. The molecule has 0 N–H and O–H groups in total. The molecule has 326 valence electrons. The van der Waals surface area contributed by atoms with Gasteiger partial charge in [-0.05, 0) is 109 Å². The van der Waals surface area contributed by atoms with E-state index in [9.17, 15) is 0 Å². The second-order valence-corrected chi connectivity index (χ2v) is 10.0. The summed E-state index contributed by atoms with van der Waals surface area (Å²) in [5.41, 5.74) is 0. The molecule has 0 amide bonds. The molecule has 0 bridgehead atoms. The van der Waals surface area contributed by atoms with Crippen LogP contribution in [0.4, 0.5) is 0 Å². The van der Waals surface area contributed by atoms with Gasteiger partial charge in [-0.3, -0.25) is 0 Å². The molecule has 0 saturated heterocycles. The summed E-state index contributed by atoms with van der Waals surface area (Å²) < 4.78 is 0. The Morgan fingerprint density at radius 2 is 0.100 bits per heavy atom. The maximum Gasteiger partial charge on any atom is 0 e. The minimum absolute atomic E-state index is 1.68. The van der Waals surface area contributed by atoms with Gasteiger partial charge in [0.1, 0.15) is 0 Å². The third kappa shape index (κ3) is 60.8. The molecule has 0 aromatic carbocycles. The van der Waals surface area contributed by atoms with E-state index in [2.05, 4.69) is 462 Å². The summed E-state index contributed by atoms with van der Waals surface area (Å²) in [6, 6.07) is 0. The third-order valence-electron chi connectivity index (χ3n) is 4.94. The predicted molar refractivity (Wildman–Crippen MR) is 315 cm³/mol. The van der Waals surface area contributed by atoms with E-state index in [-0.39, 0.29) is 0 Å². The number of rotatable bonds is 0. The van der Waals surface area contributed by atoms with E-state index in [1.165, 1.54) is 0 Å². The first-order chi connectivity index (χ1) is 39.9. The lowest BCUT2D eigenvalue weighted by atomic mass is 10.4. The minimum atomic E-state index is 1.68. The zero-order valence-corrected chi connectivity index (χ0v) is 41.0. The topological polar surface area (TPSA) is 0 Å². The van der Waals surface area contributed by atoms with Crippen LogP contribution >= 0.6 is 0 Å². The molecule has 0 rings (SSSR count). The van der Waals surface area contributed by atoms with Gasteiger partial charge in [0.05, 0.1) is 0 Å². The zero-order chi connectivity index (χ0) is 57.2. The Bertz CT molecular complexity index is 5030. The fourth-order valence-corrected chi connectivity index (χ4v) is 2.44. The Kier molecular flexibility index (Phi) is 48.6. The van der Waals surface area contributed by atoms with Gasteiger partial charge in [0.2, 0.25) is 0 Å². The van der Waals surface area contributed by atoms with Crippen LogP contribution in [0.15, 0.2) is 0 Å². The first-order valence-corrected chi connectivity index (χ1v) is 20.2. The van der Waals surface area contributed by atoms with E-state index in [1.54, 1.807) is 13.8 Å². The van der Waals surface area contributed by atoms with Crippen LogP contribution in [-0.4, -0.2) is 0 Å². The summed E-state index contributed by atoms with van der Waals surface area (Å²) in [6.45, 7) is 3.37. The first-order valence-electron chi connectivity index (χ1n) is 20.2. The summed E-state index contributed by atoms with van der Waals surface area (Å²) in [7, 11) is 0. The van der Waals surface area contributed by atoms with Crippen LogP contribution in [0.2, 0.25) is 0 Å². The highest BCUT2D eigenvalue weighted by molar-refractivity contribution is 5.54. The average Bonchev–Trinajstić information content (AvgIpc) is 3.47. The van der Waals surface area contributed by atoms with Crippen molar-refractivity contribution in [3.8, 4) is 462 Å². The van der Waals surface area contributed by atoms with E-state index in [0.29, 0.717) is 0 Å². The Hall–Kier alpha value is -17.2. The summed E-state index contributed by atoms with van der Waals surface area (Å²) in [6.07, 6.45) is 0. The molecule has 0 aliphatic rings. The number of hydrogen-bond donors (Lipinski definition) is 0. The van der Waals surface area contributed by atoms with Gasteiger partial charge >= 0.3 is 0 Å². The molecule has 0 aliphatic heterocycles. The normalized spacial score (nSPS) is 3.98. The number of hydrogen-bond acceptors (Lipinski definition) is 0. The van der Waals surface area contributed by atoms with Crippen molar-refractivity contribution < 1.29 is 0 Å². The standard InChI is InChI=1S/C80H6/c1-3-5-7-9-11-13-15-17-19-21-23-25-27-29-31-33-35-37-39-41-43-45-47-49-51-53-55-57-59-61-63-65-67-69-71-73-75-77-79-80-78-76-74-72-70-68-66-64-62-60-58-56-54-52-50-48-46-44-42-40-38-36-34-32-30-28-26-24-22-20-18-16-14-12-10-8-6-4-2/h1-2H3. The van der Waals surface area contributed by atoms with Gasteiger partial charge in [0.25, 0.3) is 0 Å². The highest BCUT2D eigenvalue weighted by atomic mass is 13.7. The van der Waals surface area contributed by atoms with Crippen LogP contribution in [0.1, 0.15) is 13.8 Å². The van der Waals surface area contributed by atoms with Crippen molar-refractivity contribution in [2.45, 2.75) is 13.8 Å². The van der Waals surface area contributed by atoms with Gasteiger partial charge in [-0.2, -0.15) is 0 Å². The van der Waals surface area contributed by atoms with Crippen LogP contribution in [0, 0.1) is 462 Å². The lowest BCUT2D eigenvalue weighted by molar-refractivity contribution is 1.92. The van der Waals surface area contributed by atoms with Crippen LogP contribution in [-0.2, 0) is 0 Å². The fourth-order valence-electron chi connectivity index (χ4n) is 2.44. The smallest absolute Gasteiger partial charge is 0 e. The highest BCUT2D eigenvalue weighted by Gasteiger charge is 1.65. The quantitative estimate of drug-likeness (QED) is 0.321. The van der Waals surface area contributed by atoms with E-state index < -0.39 is 0 Å². The van der Waals surface area contributed by atoms with Crippen molar-refractivity contribution in [3.05, 3.63) is 0 Å². The van der Waals surface area contributed by atoms with Gasteiger partial charge in [-0.1, -0.05) is 11.8 Å². The average molecular weight is 967 g/mol. The molecule has 0 saturated carbocycles. The Balaban J connectivity index is 4.62. The summed E-state index contributed by atoms with van der Waals surface area (Å²) >= 11 is 0. The van der Waals surface area contributed by atoms with Crippen molar-refractivity contribution in [2.75, 3.05) is 0 Å². The SMILES string of the molecule is CC#CC#CC#CC#CC#CC#CC#CC#CC#CC#CC#CC#CC#CC#CC#CC#CC#CC#CC#CC#CC#CC#CC#CC#CC#CC#CC#CC#CC#CC#CC#CC#CC#CC#CC#CC#CC#CC#CC#CC. The molecular weight excluding hydrogens is 961 g/mol. The molecule has 0 heterocycles. The highest BCUT2D eigenvalue weighted by Crippen LogP contribution is 1.65. The molecule has 0 radical (unpaired) electrons. The molecule has 80 heavy (non-hydrogen) atoms. The van der Waals surface area contributed by atoms with Crippen LogP contribution in [0.3, 0.4) is 0 Å². The third-order valence-corrected chi connectivity index (χ3v) is 4.94. The van der Waals surface area contributed by atoms with E-state index in [1.807, 2.05) is 0 Å². The van der Waals surface area contributed by atoms with Gasteiger partial charge in [-0.15, -0.1) is 0 Å². The predicted octanol–water partition coefficient (Wildman–Crippen LogP) is 1.16.